The summed E-state index contributed by atoms with van der Waals surface area (Å²) in [6.07, 6.45) is -3.31. The molecule has 1 atom stereocenters. The summed E-state index contributed by atoms with van der Waals surface area (Å²) in [5.74, 6) is -2.65. The Kier molecular flexibility index (Phi) is 10.1. The van der Waals surface area contributed by atoms with Crippen LogP contribution in [0.25, 0.3) is 0 Å². The third-order valence-electron chi connectivity index (χ3n) is 6.29. The molecule has 0 spiro atoms. The number of ether oxygens (including phenoxy) is 1. The molecule has 1 aliphatic rings. The monoisotopic (exact) mass is 644 g/mol. The summed E-state index contributed by atoms with van der Waals surface area (Å²) in [6, 6.07) is 13.9. The van der Waals surface area contributed by atoms with Gasteiger partial charge in [-0.2, -0.15) is 18.4 Å². The molecule has 0 saturated heterocycles. The van der Waals surface area contributed by atoms with Gasteiger partial charge >= 0.3 is 12.1 Å². The zero-order valence-corrected chi connectivity index (χ0v) is 24.7. The van der Waals surface area contributed by atoms with E-state index >= 15 is 0 Å². The Balaban J connectivity index is 1.54. The summed E-state index contributed by atoms with van der Waals surface area (Å²) >= 11 is 7.10. The first-order chi connectivity index (χ1) is 20.9. The quantitative estimate of drug-likeness (QED) is 0.216. The Morgan fingerprint density at radius 1 is 1.14 bits per heavy atom. The molecule has 1 aromatic heterocycles. The Labute approximate surface area is 259 Å². The molecule has 2 heterocycles. The predicted octanol–water partition coefficient (Wildman–Crippen LogP) is 6.84. The van der Waals surface area contributed by atoms with Gasteiger partial charge in [-0.3, -0.25) is 9.59 Å². The maximum absolute atomic E-state index is 13.5. The zero-order valence-electron chi connectivity index (χ0n) is 23.2. The Morgan fingerprint density at radius 3 is 2.48 bits per heavy atom. The van der Waals surface area contributed by atoms with Crippen LogP contribution in [0.4, 0.5) is 24.5 Å². The molecule has 1 aliphatic heterocycles. The summed E-state index contributed by atoms with van der Waals surface area (Å²) in [5.41, 5.74) is -0.148. The number of nitrogens with zero attached hydrogens (tertiary/aromatic N) is 1. The third-order valence-corrected chi connectivity index (χ3v) is 7.64. The van der Waals surface area contributed by atoms with E-state index in [1.54, 1.807) is 38.1 Å². The Morgan fingerprint density at radius 2 is 1.86 bits per heavy atom. The number of rotatable bonds is 9. The molecule has 44 heavy (non-hydrogen) atoms. The molecule has 14 heteroatoms. The van der Waals surface area contributed by atoms with Gasteiger partial charge in [-0.1, -0.05) is 23.4 Å². The lowest BCUT2D eigenvalue weighted by molar-refractivity contribution is -0.137. The minimum absolute atomic E-state index is 0.0143. The lowest BCUT2D eigenvalue weighted by Gasteiger charge is -2.28. The highest BCUT2D eigenvalue weighted by Crippen LogP contribution is 2.42. The molecule has 0 fully saturated rings. The molecule has 2 aromatic carbocycles. The highest BCUT2D eigenvalue weighted by molar-refractivity contribution is 8.03. The van der Waals surface area contributed by atoms with E-state index in [1.165, 1.54) is 18.4 Å². The van der Waals surface area contributed by atoms with Crippen LogP contribution in [0.15, 0.2) is 87.1 Å². The van der Waals surface area contributed by atoms with Crippen LogP contribution in [-0.4, -0.2) is 30.1 Å². The number of carbonyl (C=O) groups is 3. The summed E-state index contributed by atoms with van der Waals surface area (Å²) < 4.78 is 50.3. The number of hydrogen-bond acceptors (Lipinski definition) is 8. The van der Waals surface area contributed by atoms with Crippen LogP contribution in [0.5, 0.6) is 0 Å². The molecular formula is C30H24ClF3N4O5S. The average Bonchev–Trinajstić information content (AvgIpc) is 3.51. The van der Waals surface area contributed by atoms with Gasteiger partial charge in [0.15, 0.2) is 0 Å². The van der Waals surface area contributed by atoms with Crippen molar-refractivity contribution in [3.63, 3.8) is 0 Å². The lowest BCUT2D eigenvalue weighted by Crippen LogP contribution is -2.31. The molecule has 0 aliphatic carbocycles. The number of dihydropyridines is 1. The number of nitriles is 1. The van der Waals surface area contributed by atoms with E-state index in [0.717, 1.165) is 30.0 Å². The summed E-state index contributed by atoms with van der Waals surface area (Å²) in [4.78, 5) is 38.1. The van der Waals surface area contributed by atoms with Gasteiger partial charge in [0, 0.05) is 11.4 Å². The second-order valence-electron chi connectivity index (χ2n) is 9.25. The number of hydrogen-bond donors (Lipinski definition) is 3. The fourth-order valence-electron chi connectivity index (χ4n) is 4.29. The van der Waals surface area contributed by atoms with Gasteiger partial charge in [0.05, 0.1) is 68.6 Å². The summed E-state index contributed by atoms with van der Waals surface area (Å²) in [6.45, 7) is 3.48. The third kappa shape index (κ3) is 7.45. The van der Waals surface area contributed by atoms with Crippen LogP contribution in [0.3, 0.4) is 0 Å². The molecule has 9 nitrogen and oxygen atoms in total. The second-order valence-corrected chi connectivity index (χ2v) is 10.6. The van der Waals surface area contributed by atoms with E-state index in [-0.39, 0.29) is 50.7 Å². The maximum atomic E-state index is 13.5. The normalized spacial score (nSPS) is 14.9. The van der Waals surface area contributed by atoms with E-state index < -0.39 is 35.4 Å². The molecule has 4 rings (SSSR count). The first-order valence-electron chi connectivity index (χ1n) is 13.0. The lowest BCUT2D eigenvalue weighted by atomic mass is 9.85. The molecule has 2 amide bonds. The van der Waals surface area contributed by atoms with Gasteiger partial charge in [0.2, 0.25) is 5.91 Å². The van der Waals surface area contributed by atoms with Crippen LogP contribution < -0.4 is 16.0 Å². The number of furan rings is 1. The van der Waals surface area contributed by atoms with Crippen molar-refractivity contribution in [2.75, 3.05) is 23.0 Å². The molecule has 228 valence electrons. The molecule has 3 aromatic rings. The van der Waals surface area contributed by atoms with E-state index in [9.17, 15) is 32.8 Å². The minimum Gasteiger partial charge on any atom is -0.468 e. The van der Waals surface area contributed by atoms with Crippen molar-refractivity contribution in [1.82, 2.24) is 5.32 Å². The zero-order chi connectivity index (χ0) is 32.0. The Hall–Kier alpha value is -4.67. The molecular weight excluding hydrogens is 621 g/mol. The molecule has 0 bridgehead atoms. The number of esters is 1. The fourth-order valence-corrected chi connectivity index (χ4v) is 5.35. The van der Waals surface area contributed by atoms with Gasteiger partial charge < -0.3 is 25.1 Å². The molecule has 0 radical (unpaired) electrons. The van der Waals surface area contributed by atoms with Crippen molar-refractivity contribution in [2.45, 2.75) is 25.9 Å². The standard InChI is InChI=1S/C30H24ClF3N4O5S/c1-3-42-29(41)17-6-9-19(10-7-17)37-24(39)15-44-28-20(14-35)26(23-5-4-12-43-23)25(16(2)36-28)27(40)38-22-13-18(30(32,33)34)8-11-21(22)31/h4-13,26,36H,3,15H2,1-2H3,(H,37,39)(H,38,40)/t26-/m0/s1. The van der Waals surface area contributed by atoms with Crippen LogP contribution in [-0.2, 0) is 20.5 Å². The molecule has 0 unspecified atom stereocenters. The van der Waals surface area contributed by atoms with Crippen LogP contribution >= 0.6 is 23.4 Å². The van der Waals surface area contributed by atoms with Crippen molar-refractivity contribution in [1.29, 1.82) is 5.26 Å². The first kappa shape index (κ1) is 32.2. The van der Waals surface area contributed by atoms with Gasteiger partial charge in [-0.05, 0) is 68.4 Å². The van der Waals surface area contributed by atoms with Gasteiger partial charge in [-0.15, -0.1) is 0 Å². The van der Waals surface area contributed by atoms with Crippen molar-refractivity contribution >= 4 is 52.5 Å². The van der Waals surface area contributed by atoms with Crippen molar-refractivity contribution in [2.24, 2.45) is 0 Å². The van der Waals surface area contributed by atoms with Gasteiger partial charge in [0.1, 0.15) is 5.76 Å². The van der Waals surface area contributed by atoms with Crippen LogP contribution in [0.2, 0.25) is 5.02 Å². The number of anilines is 2. The van der Waals surface area contributed by atoms with Crippen molar-refractivity contribution in [3.05, 3.63) is 105 Å². The topological polar surface area (TPSA) is 133 Å². The predicted molar refractivity (Wildman–Crippen MR) is 158 cm³/mol. The number of allylic oxidation sites excluding steroid dienone is 2. The van der Waals surface area contributed by atoms with Gasteiger partial charge in [-0.25, -0.2) is 4.79 Å². The number of nitrogens with one attached hydrogen (secondary N) is 3. The smallest absolute Gasteiger partial charge is 0.416 e. The fraction of sp³-hybridized carbons (Fsp3) is 0.200. The number of thioether (sulfide) groups is 1. The highest BCUT2D eigenvalue weighted by atomic mass is 35.5. The van der Waals surface area contributed by atoms with Crippen molar-refractivity contribution < 1.29 is 36.7 Å². The first-order valence-corrected chi connectivity index (χ1v) is 14.3. The number of halogens is 4. The van der Waals surface area contributed by atoms with E-state index in [2.05, 4.69) is 22.0 Å². The van der Waals surface area contributed by atoms with E-state index in [1.807, 2.05) is 0 Å². The summed E-state index contributed by atoms with van der Waals surface area (Å²) in [7, 11) is 0. The van der Waals surface area contributed by atoms with Crippen LogP contribution in [0, 0.1) is 11.3 Å². The average molecular weight is 645 g/mol. The number of alkyl halides is 3. The van der Waals surface area contributed by atoms with Gasteiger partial charge in [0.25, 0.3) is 5.91 Å². The van der Waals surface area contributed by atoms with Crippen molar-refractivity contribution in [3.8, 4) is 6.07 Å². The van der Waals surface area contributed by atoms with Crippen LogP contribution in [0.1, 0.15) is 41.4 Å². The number of benzene rings is 2. The number of amides is 2. The largest absolute Gasteiger partial charge is 0.468 e. The minimum atomic E-state index is -4.66. The number of carbonyl (C=O) groups excluding carboxylic acids is 3. The second kappa shape index (κ2) is 13.7. The molecule has 3 N–H and O–H groups in total. The SMILES string of the molecule is CCOC(=O)c1ccc(NC(=O)CSC2=C(C#N)[C@@H](c3ccco3)C(C(=O)Nc3cc(C(F)(F)F)ccc3Cl)=C(C)N2)cc1. The maximum Gasteiger partial charge on any atom is 0.416 e. The Bertz CT molecular complexity index is 1680. The van der Waals surface area contributed by atoms with E-state index in [0.29, 0.717) is 11.3 Å². The highest BCUT2D eigenvalue weighted by Gasteiger charge is 2.37. The molecule has 0 saturated carbocycles. The summed E-state index contributed by atoms with van der Waals surface area (Å²) in [5, 5.41) is 18.4. The van der Waals surface area contributed by atoms with E-state index in [4.69, 9.17) is 20.8 Å².